The Morgan fingerprint density at radius 2 is 2.33 bits per heavy atom. The Morgan fingerprint density at radius 3 is 3.00 bits per heavy atom. The van der Waals surface area contributed by atoms with Crippen molar-refractivity contribution in [1.29, 1.82) is 0 Å². The number of oxazole rings is 1. The van der Waals surface area contributed by atoms with Gasteiger partial charge in [0.2, 0.25) is 11.8 Å². The number of hydrogen-bond donors (Lipinski definition) is 1. The zero-order valence-corrected chi connectivity index (χ0v) is 10.7. The van der Waals surface area contributed by atoms with Gasteiger partial charge in [0.1, 0.15) is 5.76 Å². The van der Waals surface area contributed by atoms with Gasteiger partial charge in [0.05, 0.1) is 18.8 Å². The Bertz CT molecular complexity index is 439. The van der Waals surface area contributed by atoms with Gasteiger partial charge in [-0.25, -0.2) is 4.98 Å². The quantitative estimate of drug-likeness (QED) is 0.848. The van der Waals surface area contributed by atoms with Crippen LogP contribution in [-0.2, 0) is 17.8 Å². The number of rotatable bonds is 5. The maximum Gasteiger partial charge on any atom is 0.240 e. The maximum atomic E-state index is 12.1. The zero-order valence-electron chi connectivity index (χ0n) is 10.7. The van der Waals surface area contributed by atoms with Crippen molar-refractivity contribution in [3.8, 4) is 0 Å². The number of nitrogens with one attached hydrogen (secondary N) is 1. The van der Waals surface area contributed by atoms with Crippen molar-refractivity contribution in [2.24, 2.45) is 0 Å². The van der Waals surface area contributed by atoms with Crippen LogP contribution in [0, 0.1) is 0 Å². The average Bonchev–Trinajstić information content (AvgIpc) is 2.98. The molecule has 1 amide bonds. The van der Waals surface area contributed by atoms with Gasteiger partial charge in [0, 0.05) is 19.0 Å². The van der Waals surface area contributed by atoms with Gasteiger partial charge >= 0.3 is 0 Å². The van der Waals surface area contributed by atoms with Crippen LogP contribution in [0.4, 0.5) is 0 Å². The van der Waals surface area contributed by atoms with E-state index in [1.165, 1.54) is 12.8 Å². The third-order valence-electron chi connectivity index (χ3n) is 3.59. The van der Waals surface area contributed by atoms with Crippen LogP contribution in [0.3, 0.4) is 0 Å². The summed E-state index contributed by atoms with van der Waals surface area (Å²) in [5.74, 6) is 1.72. The molecular weight excluding hydrogens is 230 g/mol. The van der Waals surface area contributed by atoms with Crippen LogP contribution in [0.5, 0.6) is 0 Å². The van der Waals surface area contributed by atoms with Crippen LogP contribution < -0.4 is 5.32 Å². The van der Waals surface area contributed by atoms with Crippen molar-refractivity contribution in [3.05, 3.63) is 17.8 Å². The van der Waals surface area contributed by atoms with E-state index >= 15 is 0 Å². The fraction of sp³-hybridized carbons (Fsp3) is 0.692. The summed E-state index contributed by atoms with van der Waals surface area (Å²) >= 11 is 0. The summed E-state index contributed by atoms with van der Waals surface area (Å²) in [6.45, 7) is 3.33. The predicted molar refractivity (Wildman–Crippen MR) is 65.9 cm³/mol. The van der Waals surface area contributed by atoms with E-state index in [2.05, 4.69) is 10.3 Å². The number of nitrogens with zero attached hydrogens (tertiary/aromatic N) is 2. The third-order valence-corrected chi connectivity index (χ3v) is 3.59. The second-order valence-electron chi connectivity index (χ2n) is 5.12. The van der Waals surface area contributed by atoms with Crippen LogP contribution in [0.1, 0.15) is 37.8 Å². The lowest BCUT2D eigenvalue weighted by Crippen LogP contribution is -2.39. The first kappa shape index (κ1) is 11.7. The molecule has 1 aliphatic carbocycles. The van der Waals surface area contributed by atoms with E-state index in [0.29, 0.717) is 18.5 Å². The normalized spacial score (nSPS) is 23.9. The molecule has 1 aromatic rings. The highest BCUT2D eigenvalue weighted by molar-refractivity contribution is 5.83. The van der Waals surface area contributed by atoms with Crippen LogP contribution in [0.15, 0.2) is 10.6 Å². The van der Waals surface area contributed by atoms with Gasteiger partial charge in [-0.3, -0.25) is 4.79 Å². The lowest BCUT2D eigenvalue weighted by atomic mass is 10.2. The lowest BCUT2D eigenvalue weighted by Gasteiger charge is -2.15. The monoisotopic (exact) mass is 249 g/mol. The minimum atomic E-state index is 0.0121. The molecule has 1 saturated heterocycles. The summed E-state index contributed by atoms with van der Waals surface area (Å²) in [4.78, 5) is 18.2. The van der Waals surface area contributed by atoms with Crippen LogP contribution >= 0.6 is 0 Å². The number of aryl methyl sites for hydroxylation is 1. The second kappa shape index (κ2) is 4.72. The summed E-state index contributed by atoms with van der Waals surface area (Å²) in [6.07, 6.45) is 5.91. The van der Waals surface area contributed by atoms with Crippen molar-refractivity contribution in [2.45, 2.75) is 51.2 Å². The first-order chi connectivity index (χ1) is 8.76. The molecule has 0 spiro atoms. The Labute approximate surface area is 107 Å². The Hall–Kier alpha value is -1.36. The molecule has 18 heavy (non-hydrogen) atoms. The van der Waals surface area contributed by atoms with Crippen molar-refractivity contribution in [3.63, 3.8) is 0 Å². The minimum Gasteiger partial charge on any atom is -0.444 e. The Kier molecular flexibility index (Phi) is 3.07. The van der Waals surface area contributed by atoms with Gasteiger partial charge in [-0.15, -0.1) is 0 Å². The van der Waals surface area contributed by atoms with Crippen LogP contribution in [-0.4, -0.2) is 34.4 Å². The molecule has 2 heterocycles. The number of likely N-dealkylation sites (tertiary alicyclic amines) is 1. The van der Waals surface area contributed by atoms with Crippen LogP contribution in [0.2, 0.25) is 0 Å². The predicted octanol–water partition coefficient (Wildman–Crippen LogP) is 1.09. The Balaban J connectivity index is 1.58. The molecule has 2 fully saturated rings. The van der Waals surface area contributed by atoms with E-state index in [1.54, 1.807) is 6.20 Å². The molecule has 5 nitrogen and oxygen atoms in total. The molecule has 0 radical (unpaired) electrons. The molecule has 1 unspecified atom stereocenters. The van der Waals surface area contributed by atoms with E-state index in [-0.39, 0.29) is 11.9 Å². The molecular formula is C13H19N3O2. The van der Waals surface area contributed by atoms with Crippen LogP contribution in [0.25, 0.3) is 0 Å². The summed E-state index contributed by atoms with van der Waals surface area (Å²) in [5.41, 5.74) is 0. The van der Waals surface area contributed by atoms with Crippen molar-refractivity contribution < 1.29 is 9.21 Å². The summed E-state index contributed by atoms with van der Waals surface area (Å²) < 4.78 is 5.55. The number of carbonyl (C=O) groups is 1. The molecule has 3 rings (SSSR count). The molecule has 1 aliphatic heterocycles. The van der Waals surface area contributed by atoms with E-state index in [9.17, 15) is 4.79 Å². The minimum absolute atomic E-state index is 0.0121. The first-order valence-electron chi connectivity index (χ1n) is 6.74. The SMILES string of the molecule is CCc1cnc(CN2CCC(NC3CC3)C2=O)o1. The number of amides is 1. The largest absolute Gasteiger partial charge is 0.444 e. The van der Waals surface area contributed by atoms with E-state index in [0.717, 1.165) is 25.1 Å². The standard InChI is InChI=1S/C13H19N3O2/c1-2-10-7-14-12(18-10)8-16-6-5-11(13(16)17)15-9-3-4-9/h7,9,11,15H,2-6,8H2,1H3. The van der Waals surface area contributed by atoms with Crippen molar-refractivity contribution >= 4 is 5.91 Å². The van der Waals surface area contributed by atoms with Gasteiger partial charge in [-0.1, -0.05) is 6.92 Å². The molecule has 0 bridgehead atoms. The van der Waals surface area contributed by atoms with E-state index in [1.807, 2.05) is 11.8 Å². The first-order valence-corrected chi connectivity index (χ1v) is 6.74. The molecule has 5 heteroatoms. The summed E-state index contributed by atoms with van der Waals surface area (Å²) in [5, 5.41) is 3.39. The highest BCUT2D eigenvalue weighted by Gasteiger charge is 2.35. The van der Waals surface area contributed by atoms with Gasteiger partial charge in [-0.2, -0.15) is 0 Å². The fourth-order valence-corrected chi connectivity index (χ4v) is 2.33. The number of aromatic nitrogens is 1. The maximum absolute atomic E-state index is 12.1. The molecule has 0 aromatic carbocycles. The average molecular weight is 249 g/mol. The van der Waals surface area contributed by atoms with E-state index in [4.69, 9.17) is 4.42 Å². The summed E-state index contributed by atoms with van der Waals surface area (Å²) in [6, 6.07) is 0.588. The highest BCUT2D eigenvalue weighted by atomic mass is 16.4. The molecule has 1 saturated carbocycles. The second-order valence-corrected chi connectivity index (χ2v) is 5.12. The van der Waals surface area contributed by atoms with Gasteiger partial charge in [-0.05, 0) is 19.3 Å². The van der Waals surface area contributed by atoms with Crippen molar-refractivity contribution in [2.75, 3.05) is 6.54 Å². The lowest BCUT2D eigenvalue weighted by molar-refractivity contribution is -0.130. The molecule has 2 aliphatic rings. The smallest absolute Gasteiger partial charge is 0.240 e. The van der Waals surface area contributed by atoms with Gasteiger partial charge in [0.25, 0.3) is 0 Å². The highest BCUT2D eigenvalue weighted by Crippen LogP contribution is 2.23. The van der Waals surface area contributed by atoms with Crippen molar-refractivity contribution in [1.82, 2.24) is 15.2 Å². The number of hydrogen-bond acceptors (Lipinski definition) is 4. The third kappa shape index (κ3) is 2.41. The summed E-state index contributed by atoms with van der Waals surface area (Å²) in [7, 11) is 0. The fourth-order valence-electron chi connectivity index (χ4n) is 2.33. The molecule has 1 atom stereocenters. The molecule has 1 N–H and O–H groups in total. The topological polar surface area (TPSA) is 58.4 Å². The molecule has 98 valence electrons. The Morgan fingerprint density at radius 1 is 1.50 bits per heavy atom. The van der Waals surface area contributed by atoms with E-state index < -0.39 is 0 Å². The van der Waals surface area contributed by atoms with Gasteiger partial charge < -0.3 is 14.6 Å². The number of carbonyl (C=O) groups excluding carboxylic acids is 1. The zero-order chi connectivity index (χ0) is 12.5. The van der Waals surface area contributed by atoms with Gasteiger partial charge in [0.15, 0.2) is 0 Å². The molecule has 1 aromatic heterocycles.